The maximum atomic E-state index is 14.2. The first kappa shape index (κ1) is 52.2. The molecule has 2 bridgehead atoms. The molecule has 13 rings (SSSR count). The van der Waals surface area contributed by atoms with Crippen molar-refractivity contribution in [2.24, 2.45) is 80.2 Å². The zero-order chi connectivity index (χ0) is 53.8. The van der Waals surface area contributed by atoms with Gasteiger partial charge in [-0.1, -0.05) is 173 Å². The highest BCUT2D eigenvalue weighted by molar-refractivity contribution is 5.78. The molecule has 1 aliphatic heterocycles. The lowest BCUT2D eigenvalue weighted by atomic mass is 9.30. The number of dihydropyridines is 1. The molecule has 0 radical (unpaired) electrons. The molecule has 4 saturated carbocycles. The lowest BCUT2D eigenvalue weighted by molar-refractivity contribution is -0.164. The van der Waals surface area contributed by atoms with E-state index in [2.05, 4.69) is 142 Å². The van der Waals surface area contributed by atoms with E-state index in [1.165, 1.54) is 81.5 Å². The summed E-state index contributed by atoms with van der Waals surface area (Å²) in [4.78, 5) is 14.2. The van der Waals surface area contributed by atoms with Crippen molar-refractivity contribution in [2.45, 2.75) is 161 Å². The van der Waals surface area contributed by atoms with Gasteiger partial charge in [0.25, 0.3) is 0 Å². The number of carboxylic acid groups (broad SMARTS) is 1. The Hall–Kier alpha value is -5.17. The molecule has 6 N–H and O–H groups in total. The first-order chi connectivity index (χ1) is 37.7. The Morgan fingerprint density at radius 1 is 0.872 bits per heavy atom. The maximum Gasteiger partial charge on any atom is 0.306 e. The normalized spacial score (nSPS) is 37.4. The van der Waals surface area contributed by atoms with Gasteiger partial charge in [-0.3, -0.25) is 4.79 Å². The maximum absolute atomic E-state index is 14.2. The number of carboxylic acids is 1. The molecule has 12 atom stereocenters. The number of aliphatic hydroxyl groups is 2. The number of benzene rings is 3. The minimum absolute atomic E-state index is 0.111. The Morgan fingerprint density at radius 3 is 2.41 bits per heavy atom. The van der Waals surface area contributed by atoms with E-state index in [0.717, 1.165) is 77.0 Å². The SMILES string of the molecule is C=C(CCC(C(=O)O)C1C(O)CC2(C3CCC(Cc4ccccc4)CC3)C3=C(CCC12C)C12CCC(O)C4(C)CC=CC(C=C5C(Cc6cccc(C7=CC=C(N)NC7)c6)=c6ccccc6=CC51)(C3)C42)C(C)C1CCCCC1. The third kappa shape index (κ3) is 8.07. The average molecular weight is 1050 g/mol. The van der Waals surface area contributed by atoms with Gasteiger partial charge in [0.2, 0.25) is 0 Å². The minimum Gasteiger partial charge on any atom is -0.481 e. The second kappa shape index (κ2) is 19.8. The quantitative estimate of drug-likeness (QED) is 0.109. The fraction of sp³-hybridized carbons (Fsp3) is 0.542. The lowest BCUT2D eigenvalue weighted by Crippen LogP contribution is -2.68. The smallest absolute Gasteiger partial charge is 0.306 e. The van der Waals surface area contributed by atoms with Crippen molar-refractivity contribution < 1.29 is 20.1 Å². The zero-order valence-electron chi connectivity index (χ0n) is 47.1. The second-order valence-electron chi connectivity index (χ2n) is 27.7. The first-order valence-corrected chi connectivity index (χ1v) is 30.9. The Labute approximate surface area is 465 Å². The number of fused-ring (bicyclic) bond motifs is 4. The molecule has 0 amide bonds. The fourth-order valence-corrected chi connectivity index (χ4v) is 20.8. The van der Waals surface area contributed by atoms with E-state index in [0.29, 0.717) is 55.3 Å². The largest absolute Gasteiger partial charge is 0.481 e. The van der Waals surface area contributed by atoms with Crippen LogP contribution in [-0.2, 0) is 17.6 Å². The molecule has 4 fully saturated rings. The van der Waals surface area contributed by atoms with Crippen molar-refractivity contribution in [1.82, 2.24) is 5.32 Å². The number of allylic oxidation sites excluding steroid dienone is 9. The molecular weight excluding hydrogens is 957 g/mol. The molecule has 6 nitrogen and oxygen atoms in total. The molecule has 10 aliphatic rings. The van der Waals surface area contributed by atoms with Gasteiger partial charge in [0.1, 0.15) is 0 Å². The summed E-state index contributed by atoms with van der Waals surface area (Å²) in [6.07, 6.45) is 33.4. The summed E-state index contributed by atoms with van der Waals surface area (Å²) in [6.45, 7) is 12.7. The predicted molar refractivity (Wildman–Crippen MR) is 315 cm³/mol. The molecule has 0 spiro atoms. The average Bonchev–Trinajstić information content (AvgIpc) is 1.39. The van der Waals surface area contributed by atoms with Gasteiger partial charge in [0.15, 0.2) is 0 Å². The van der Waals surface area contributed by atoms with Gasteiger partial charge in [0.05, 0.1) is 23.9 Å². The van der Waals surface area contributed by atoms with Gasteiger partial charge in [-0.2, -0.15) is 0 Å². The van der Waals surface area contributed by atoms with Crippen molar-refractivity contribution in [1.29, 1.82) is 0 Å². The highest BCUT2D eigenvalue weighted by atomic mass is 16.4. The molecule has 410 valence electrons. The van der Waals surface area contributed by atoms with Crippen LogP contribution in [0.15, 0.2) is 144 Å². The highest BCUT2D eigenvalue weighted by Gasteiger charge is 2.76. The Bertz CT molecular complexity index is 3160. The highest BCUT2D eigenvalue weighted by Crippen LogP contribution is 2.82. The molecule has 3 aromatic rings. The van der Waals surface area contributed by atoms with Crippen LogP contribution in [-0.4, -0.2) is 40.0 Å². The van der Waals surface area contributed by atoms with Crippen LogP contribution in [0.1, 0.15) is 153 Å². The van der Waals surface area contributed by atoms with Crippen molar-refractivity contribution in [3.05, 3.63) is 171 Å². The lowest BCUT2D eigenvalue weighted by Gasteiger charge is -2.73. The summed E-state index contributed by atoms with van der Waals surface area (Å²) in [5, 5.41) is 43.5. The second-order valence-corrected chi connectivity index (χ2v) is 27.7. The van der Waals surface area contributed by atoms with Crippen molar-refractivity contribution in [2.75, 3.05) is 6.54 Å². The first-order valence-electron chi connectivity index (χ1n) is 30.9. The van der Waals surface area contributed by atoms with Gasteiger partial charge in [0, 0.05) is 40.0 Å². The van der Waals surface area contributed by atoms with Crippen LogP contribution in [0.4, 0.5) is 0 Å². The van der Waals surface area contributed by atoms with Crippen LogP contribution < -0.4 is 21.5 Å². The van der Waals surface area contributed by atoms with Crippen molar-refractivity contribution in [3.63, 3.8) is 0 Å². The fourth-order valence-electron chi connectivity index (χ4n) is 20.8. The number of nitrogens with two attached hydrogens (primary N) is 1. The molecule has 0 saturated heterocycles. The molecule has 9 aliphatic carbocycles. The Morgan fingerprint density at radius 2 is 1.64 bits per heavy atom. The van der Waals surface area contributed by atoms with Gasteiger partial charge in [-0.25, -0.2) is 0 Å². The number of hydrogen-bond donors (Lipinski definition) is 5. The molecule has 78 heavy (non-hydrogen) atoms. The summed E-state index contributed by atoms with van der Waals surface area (Å²) in [5.74, 6) is 1.21. The predicted octanol–water partition coefficient (Wildman–Crippen LogP) is 13.1. The third-order valence-corrected chi connectivity index (χ3v) is 24.2. The molecule has 12 unspecified atom stereocenters. The van der Waals surface area contributed by atoms with Gasteiger partial charge < -0.3 is 26.4 Å². The third-order valence-electron chi connectivity index (χ3n) is 24.2. The summed E-state index contributed by atoms with van der Waals surface area (Å²) < 4.78 is 0. The monoisotopic (exact) mass is 1040 g/mol. The van der Waals surface area contributed by atoms with Crippen LogP contribution in [0.3, 0.4) is 0 Å². The number of nitrogens with one attached hydrogen (secondary N) is 1. The van der Waals surface area contributed by atoms with Crippen LogP contribution in [0.2, 0.25) is 0 Å². The number of hydrogen-bond acceptors (Lipinski definition) is 5. The Balaban J connectivity index is 0.953. The van der Waals surface area contributed by atoms with Gasteiger partial charge in [-0.15, -0.1) is 0 Å². The van der Waals surface area contributed by atoms with E-state index in [-0.39, 0.29) is 39.4 Å². The van der Waals surface area contributed by atoms with E-state index in [1.807, 2.05) is 6.08 Å². The topological polar surface area (TPSA) is 116 Å². The summed E-state index contributed by atoms with van der Waals surface area (Å²) in [5.41, 5.74) is 16.9. The Kier molecular flexibility index (Phi) is 13.3. The van der Waals surface area contributed by atoms with Crippen LogP contribution in [0.5, 0.6) is 0 Å². The van der Waals surface area contributed by atoms with Crippen LogP contribution in [0.25, 0.3) is 17.2 Å². The minimum atomic E-state index is -0.740. The van der Waals surface area contributed by atoms with Crippen LogP contribution in [0, 0.1) is 74.4 Å². The summed E-state index contributed by atoms with van der Waals surface area (Å²) in [6, 6.07) is 29.4. The number of aliphatic carboxylic acids is 1. The van der Waals surface area contributed by atoms with Crippen molar-refractivity contribution in [3.8, 4) is 0 Å². The molecule has 3 aromatic carbocycles. The summed E-state index contributed by atoms with van der Waals surface area (Å²) >= 11 is 0. The van der Waals surface area contributed by atoms with Crippen molar-refractivity contribution >= 4 is 23.2 Å². The van der Waals surface area contributed by atoms with E-state index in [1.54, 1.807) is 11.1 Å². The van der Waals surface area contributed by atoms with Gasteiger partial charge >= 0.3 is 5.97 Å². The van der Waals surface area contributed by atoms with Gasteiger partial charge in [-0.05, 0) is 194 Å². The molecule has 0 aromatic heterocycles. The van der Waals surface area contributed by atoms with E-state index in [9.17, 15) is 20.1 Å². The molecular formula is C72H88N2O4. The van der Waals surface area contributed by atoms with E-state index >= 15 is 0 Å². The number of aliphatic hydroxyl groups excluding tert-OH is 2. The molecule has 1 heterocycles. The van der Waals surface area contributed by atoms with E-state index < -0.39 is 29.5 Å². The number of carbonyl (C=O) groups is 1. The van der Waals surface area contributed by atoms with Crippen LogP contribution >= 0.6 is 0 Å². The number of rotatable bonds is 13. The standard InChI is InChI=1S/C72H88N2O4/c1-45(46(2)50-18-9-6-10-19-50)23-29-56(66(77)78)65-62(75)43-72(54-27-24-48(25-28-54)37-47-15-7-5-8-16-47)61-42-70-34-14-33-68(3)63(76)32-36-71(67(68)70,59(61)31-35-69(65,72)4)60-40-52-20-11-12-22-55(52)57(58(60)41-70)39-49-17-13-21-51(38-49)53-26-30-64(73)74-44-53/h5,7-8,11-17,20-22,26,30,34,38,40-41,46,48,50,54,56,60,62-63,65,67,74-76H,1,6,9-10,18-19,23-25,27-29,31-33,35-37,39,42-44,73H2,2-4H3,(H,77,78). The van der Waals surface area contributed by atoms with E-state index in [4.69, 9.17) is 5.73 Å². The molecule has 6 heteroatoms. The zero-order valence-corrected chi connectivity index (χ0v) is 47.1. The summed E-state index contributed by atoms with van der Waals surface area (Å²) in [7, 11) is 0.